The van der Waals surface area contributed by atoms with Crippen LogP contribution in [0.15, 0.2) is 67.4 Å². The van der Waals surface area contributed by atoms with Crippen LogP contribution in [0.2, 0.25) is 0 Å². The van der Waals surface area contributed by atoms with Crippen molar-refractivity contribution in [1.82, 2.24) is 15.0 Å². The second-order valence-electron chi connectivity index (χ2n) is 7.74. The van der Waals surface area contributed by atoms with Crippen molar-refractivity contribution >= 4 is 33.8 Å². The number of carbonyl (C=O) groups excluding carboxylic acids is 2. The van der Waals surface area contributed by atoms with Gasteiger partial charge in [-0.25, -0.2) is 4.98 Å². The second-order valence-corrected chi connectivity index (χ2v) is 8.84. The summed E-state index contributed by atoms with van der Waals surface area (Å²) < 4.78 is 5.72. The minimum absolute atomic E-state index is 0.266. The molecular weight excluding hydrogens is 450 g/mol. The number of nitrogens with one attached hydrogen (secondary N) is 2. The van der Waals surface area contributed by atoms with Crippen molar-refractivity contribution in [2.24, 2.45) is 0 Å². The van der Waals surface area contributed by atoms with E-state index in [1.54, 1.807) is 55.0 Å². The molecule has 0 saturated carbocycles. The number of hydrogen-bond acceptors (Lipinski definition) is 7. The van der Waals surface area contributed by atoms with Crippen LogP contribution in [0.3, 0.4) is 0 Å². The molecule has 2 amide bonds. The molecule has 0 saturated heterocycles. The number of carbonyl (C=O) groups is 2. The largest absolute Gasteiger partial charge is 0.437 e. The molecule has 1 aromatic carbocycles. The van der Waals surface area contributed by atoms with Gasteiger partial charge >= 0.3 is 0 Å². The third-order valence-corrected chi connectivity index (χ3v) is 6.61. The van der Waals surface area contributed by atoms with Crippen LogP contribution in [0.5, 0.6) is 11.6 Å². The number of benzene rings is 1. The molecule has 3 aromatic heterocycles. The van der Waals surface area contributed by atoms with Crippen LogP contribution < -0.4 is 15.4 Å². The number of fused-ring (bicyclic) bond motifs is 1. The fraction of sp³-hybridized carbons (Fsp3) is 0.160. The maximum atomic E-state index is 13.4. The third-order valence-electron chi connectivity index (χ3n) is 5.40. The number of thiophene rings is 1. The van der Waals surface area contributed by atoms with Crippen molar-refractivity contribution in [3.05, 3.63) is 88.9 Å². The van der Waals surface area contributed by atoms with Crippen molar-refractivity contribution < 1.29 is 14.3 Å². The Morgan fingerprint density at radius 3 is 2.62 bits per heavy atom. The molecule has 0 bridgehead atoms. The van der Waals surface area contributed by atoms with E-state index in [2.05, 4.69) is 25.6 Å². The Hall–Kier alpha value is -4.11. The van der Waals surface area contributed by atoms with Crippen molar-refractivity contribution in [2.75, 3.05) is 10.6 Å². The highest BCUT2D eigenvalue weighted by Crippen LogP contribution is 2.39. The number of hydrogen-bond donors (Lipinski definition) is 2. The molecule has 34 heavy (non-hydrogen) atoms. The molecule has 4 aromatic rings. The fourth-order valence-corrected chi connectivity index (χ4v) is 5.14. The summed E-state index contributed by atoms with van der Waals surface area (Å²) in [7, 11) is 0. The van der Waals surface area contributed by atoms with Crippen molar-refractivity contribution in [3.63, 3.8) is 0 Å². The lowest BCUT2D eigenvalue weighted by atomic mass is 9.95. The normalized spacial score (nSPS) is 12.5. The molecule has 5 rings (SSSR count). The molecule has 170 valence electrons. The molecule has 9 heteroatoms. The molecule has 8 nitrogen and oxygen atoms in total. The minimum atomic E-state index is -0.292. The van der Waals surface area contributed by atoms with Gasteiger partial charge in [0.1, 0.15) is 10.8 Å². The lowest BCUT2D eigenvalue weighted by Crippen LogP contribution is -2.18. The van der Waals surface area contributed by atoms with E-state index in [9.17, 15) is 9.59 Å². The molecule has 1 aliphatic carbocycles. The lowest BCUT2D eigenvalue weighted by molar-refractivity contribution is 0.102. The Kier molecular flexibility index (Phi) is 6.26. The van der Waals surface area contributed by atoms with Crippen LogP contribution >= 0.6 is 11.3 Å². The van der Waals surface area contributed by atoms with Crippen molar-refractivity contribution in [2.45, 2.75) is 25.7 Å². The smallest absolute Gasteiger partial charge is 0.258 e. The van der Waals surface area contributed by atoms with Crippen LogP contribution in [0.25, 0.3) is 0 Å². The topological polar surface area (TPSA) is 106 Å². The molecule has 3 heterocycles. The molecule has 2 N–H and O–H groups in total. The van der Waals surface area contributed by atoms with E-state index >= 15 is 0 Å². The van der Waals surface area contributed by atoms with E-state index in [1.807, 2.05) is 0 Å². The van der Waals surface area contributed by atoms with Crippen LogP contribution in [0, 0.1) is 0 Å². The van der Waals surface area contributed by atoms with E-state index in [4.69, 9.17) is 4.74 Å². The summed E-state index contributed by atoms with van der Waals surface area (Å²) in [5.74, 6) is 0.326. The number of rotatable bonds is 6. The fourth-order valence-electron chi connectivity index (χ4n) is 3.86. The highest BCUT2D eigenvalue weighted by Gasteiger charge is 2.27. The van der Waals surface area contributed by atoms with Gasteiger partial charge in [-0.05, 0) is 55.5 Å². The van der Waals surface area contributed by atoms with Gasteiger partial charge in [-0.15, -0.1) is 11.3 Å². The average Bonchev–Trinajstić information content (AvgIpc) is 3.23. The highest BCUT2D eigenvalue weighted by atomic mass is 32.1. The maximum Gasteiger partial charge on any atom is 0.258 e. The summed E-state index contributed by atoms with van der Waals surface area (Å²) in [4.78, 5) is 39.4. The van der Waals surface area contributed by atoms with E-state index in [1.165, 1.54) is 23.7 Å². The summed E-state index contributed by atoms with van der Waals surface area (Å²) in [5, 5.41) is 6.46. The predicted molar refractivity (Wildman–Crippen MR) is 130 cm³/mol. The van der Waals surface area contributed by atoms with Crippen LogP contribution in [0.4, 0.5) is 10.7 Å². The van der Waals surface area contributed by atoms with Gasteiger partial charge in [-0.2, -0.15) is 0 Å². The number of amides is 2. The number of aromatic nitrogens is 3. The third kappa shape index (κ3) is 4.79. The first-order valence-corrected chi connectivity index (χ1v) is 11.7. The van der Waals surface area contributed by atoms with Gasteiger partial charge in [0.25, 0.3) is 11.8 Å². The van der Waals surface area contributed by atoms with Gasteiger partial charge in [0.05, 0.1) is 17.3 Å². The Labute approximate surface area is 200 Å². The number of ether oxygens (including phenoxy) is 1. The molecule has 0 spiro atoms. The molecule has 0 atom stereocenters. The zero-order valence-electron chi connectivity index (χ0n) is 18.2. The Bertz CT molecular complexity index is 1330. The summed E-state index contributed by atoms with van der Waals surface area (Å²) in [6.07, 6.45) is 11.6. The van der Waals surface area contributed by atoms with Crippen molar-refractivity contribution in [1.29, 1.82) is 0 Å². The SMILES string of the molecule is O=C(Nc1sc2c(c1C(=O)Nc1cccc(Oc3cnccn3)c1)CCCC2)c1cccnc1. The number of pyridine rings is 1. The monoisotopic (exact) mass is 471 g/mol. The first kappa shape index (κ1) is 21.7. The average molecular weight is 472 g/mol. The van der Waals surface area contributed by atoms with Gasteiger partial charge in [-0.3, -0.25) is 19.6 Å². The van der Waals surface area contributed by atoms with Gasteiger partial charge in [0, 0.05) is 41.4 Å². The van der Waals surface area contributed by atoms with Gasteiger partial charge in [0.2, 0.25) is 5.88 Å². The second kappa shape index (κ2) is 9.80. The standard InChI is InChI=1S/C25H21N5O3S/c31-23(16-5-4-10-26-14-16)30-25-22(19-8-1-2-9-20(19)34-25)24(32)29-17-6-3-7-18(13-17)33-21-15-27-11-12-28-21/h3-7,10-15H,1-2,8-9H2,(H,29,32)(H,30,31). The lowest BCUT2D eigenvalue weighted by Gasteiger charge is -2.14. The quantitative estimate of drug-likeness (QED) is 0.405. The Balaban J connectivity index is 1.40. The zero-order chi connectivity index (χ0) is 23.3. The minimum Gasteiger partial charge on any atom is -0.437 e. The van der Waals surface area contributed by atoms with Gasteiger partial charge in [-0.1, -0.05) is 6.07 Å². The van der Waals surface area contributed by atoms with E-state index in [0.717, 1.165) is 36.1 Å². The summed E-state index contributed by atoms with van der Waals surface area (Å²) in [5.41, 5.74) is 2.56. The Morgan fingerprint density at radius 1 is 0.912 bits per heavy atom. The van der Waals surface area contributed by atoms with Gasteiger partial charge in [0.15, 0.2) is 0 Å². The summed E-state index contributed by atoms with van der Waals surface area (Å²) in [6.45, 7) is 0. The molecular formula is C25H21N5O3S. The zero-order valence-corrected chi connectivity index (χ0v) is 19.0. The van der Waals surface area contributed by atoms with E-state index in [-0.39, 0.29) is 11.8 Å². The first-order valence-electron chi connectivity index (χ1n) is 10.9. The van der Waals surface area contributed by atoms with Crippen molar-refractivity contribution in [3.8, 4) is 11.6 Å². The number of anilines is 2. The molecule has 0 radical (unpaired) electrons. The first-order chi connectivity index (χ1) is 16.7. The number of aryl methyl sites for hydroxylation is 1. The molecule has 0 aliphatic heterocycles. The molecule has 1 aliphatic rings. The Morgan fingerprint density at radius 2 is 1.79 bits per heavy atom. The molecule has 0 unspecified atom stereocenters. The highest BCUT2D eigenvalue weighted by molar-refractivity contribution is 7.17. The van der Waals surface area contributed by atoms with E-state index < -0.39 is 0 Å². The predicted octanol–water partition coefficient (Wildman–Crippen LogP) is 5.11. The van der Waals surface area contributed by atoms with Crippen LogP contribution in [-0.2, 0) is 12.8 Å². The maximum absolute atomic E-state index is 13.4. The summed E-state index contributed by atoms with van der Waals surface area (Å²) in [6, 6.07) is 10.5. The van der Waals surface area contributed by atoms with Gasteiger partial charge < -0.3 is 15.4 Å². The molecule has 0 fully saturated rings. The van der Waals surface area contributed by atoms with Crippen LogP contribution in [-0.4, -0.2) is 26.8 Å². The number of nitrogens with zero attached hydrogens (tertiary/aromatic N) is 3. The summed E-state index contributed by atoms with van der Waals surface area (Å²) >= 11 is 1.48. The van der Waals surface area contributed by atoms with E-state index in [0.29, 0.717) is 33.4 Å². The van der Waals surface area contributed by atoms with Crippen LogP contribution in [0.1, 0.15) is 44.0 Å².